The Morgan fingerprint density at radius 3 is 2.43 bits per heavy atom. The molecule has 0 saturated heterocycles. The maximum atomic E-state index is 12.3. The molecule has 14 heavy (non-hydrogen) atoms. The Morgan fingerprint density at radius 2 is 1.93 bits per heavy atom. The molecule has 0 amide bonds. The largest absolute Gasteiger partial charge is 0.484 e. The Morgan fingerprint density at radius 1 is 1.29 bits per heavy atom. The van der Waals surface area contributed by atoms with Crippen molar-refractivity contribution in [3.8, 4) is 0 Å². The normalized spacial score (nSPS) is 11.5. The van der Waals surface area contributed by atoms with Crippen molar-refractivity contribution >= 4 is 5.69 Å². The van der Waals surface area contributed by atoms with Crippen molar-refractivity contribution in [1.82, 2.24) is 0 Å². The van der Waals surface area contributed by atoms with Crippen LogP contribution in [-0.4, -0.2) is 13.3 Å². The molecule has 0 atom stereocenters. The molecule has 0 unspecified atom stereocenters. The lowest BCUT2D eigenvalue weighted by Gasteiger charge is -2.22. The number of halogens is 3. The molecule has 1 rings (SSSR count). The second kappa shape index (κ2) is 3.90. The highest BCUT2D eigenvalue weighted by Crippen LogP contribution is 2.26. The molecule has 1 aromatic carbocycles. The van der Waals surface area contributed by atoms with Crippen LogP contribution in [0.3, 0.4) is 0 Å². The third kappa shape index (κ3) is 2.40. The van der Waals surface area contributed by atoms with Gasteiger partial charge in [0.25, 0.3) is 0 Å². The average Bonchev–Trinajstić information content (AvgIpc) is 2.15. The molecule has 1 aromatic rings. The van der Waals surface area contributed by atoms with Gasteiger partial charge < -0.3 is 0 Å². The SMILES string of the molecule is CCc1cccc(N(C)C(F)(F)F)c1. The van der Waals surface area contributed by atoms with Crippen LogP contribution in [-0.2, 0) is 6.42 Å². The van der Waals surface area contributed by atoms with E-state index in [-0.39, 0.29) is 5.69 Å². The van der Waals surface area contributed by atoms with E-state index in [4.69, 9.17) is 0 Å². The minimum atomic E-state index is -4.31. The van der Waals surface area contributed by atoms with Crippen LogP contribution < -0.4 is 4.90 Å². The summed E-state index contributed by atoms with van der Waals surface area (Å²) in [6.45, 7) is 1.91. The van der Waals surface area contributed by atoms with E-state index in [2.05, 4.69) is 0 Å². The smallest absolute Gasteiger partial charge is 0.287 e. The fourth-order valence-electron chi connectivity index (χ4n) is 1.13. The fourth-order valence-corrected chi connectivity index (χ4v) is 1.13. The van der Waals surface area contributed by atoms with Gasteiger partial charge in [0.05, 0.1) is 0 Å². The molecular weight excluding hydrogens is 191 g/mol. The molecule has 1 nitrogen and oxygen atoms in total. The Hall–Kier alpha value is -1.19. The Kier molecular flexibility index (Phi) is 3.03. The summed E-state index contributed by atoms with van der Waals surface area (Å²) in [5.41, 5.74) is 1.08. The zero-order valence-electron chi connectivity index (χ0n) is 8.10. The van der Waals surface area contributed by atoms with Gasteiger partial charge in [0.1, 0.15) is 0 Å². The lowest BCUT2D eigenvalue weighted by molar-refractivity contribution is -0.125. The number of aryl methyl sites for hydroxylation is 1. The predicted molar refractivity (Wildman–Crippen MR) is 50.3 cm³/mol. The highest BCUT2D eigenvalue weighted by atomic mass is 19.4. The quantitative estimate of drug-likeness (QED) is 0.667. The molecule has 4 heteroatoms. The van der Waals surface area contributed by atoms with Crippen molar-refractivity contribution in [3.63, 3.8) is 0 Å². The number of hydrogen-bond acceptors (Lipinski definition) is 1. The molecule has 78 valence electrons. The Balaban J connectivity index is 2.95. The van der Waals surface area contributed by atoms with Crippen LogP contribution in [0.5, 0.6) is 0 Å². The molecule has 0 radical (unpaired) electrons. The first-order valence-corrected chi connectivity index (χ1v) is 4.34. The molecule has 0 N–H and O–H groups in total. The molecule has 0 spiro atoms. The first-order chi connectivity index (χ1) is 6.45. The van der Waals surface area contributed by atoms with E-state index in [1.165, 1.54) is 6.07 Å². The lowest BCUT2D eigenvalue weighted by Crippen LogP contribution is -2.34. The van der Waals surface area contributed by atoms with E-state index in [1.807, 2.05) is 13.0 Å². The van der Waals surface area contributed by atoms with E-state index in [9.17, 15) is 13.2 Å². The van der Waals surface area contributed by atoms with Crippen LogP contribution in [0, 0.1) is 0 Å². The van der Waals surface area contributed by atoms with Crippen LogP contribution >= 0.6 is 0 Å². The van der Waals surface area contributed by atoms with Gasteiger partial charge in [-0.1, -0.05) is 19.1 Å². The maximum absolute atomic E-state index is 12.3. The van der Waals surface area contributed by atoms with E-state index in [0.29, 0.717) is 4.90 Å². The minimum absolute atomic E-state index is 0.178. The molecule has 0 aliphatic carbocycles. The summed E-state index contributed by atoms with van der Waals surface area (Å²) in [4.78, 5) is 0.312. The lowest BCUT2D eigenvalue weighted by atomic mass is 10.1. The molecule has 0 aliphatic rings. The van der Waals surface area contributed by atoms with Crippen LogP contribution in [0.15, 0.2) is 24.3 Å². The van der Waals surface area contributed by atoms with Gasteiger partial charge in [-0.15, -0.1) is 0 Å². The van der Waals surface area contributed by atoms with Crippen LogP contribution in [0.2, 0.25) is 0 Å². The van der Waals surface area contributed by atoms with Crippen LogP contribution in [0.25, 0.3) is 0 Å². The summed E-state index contributed by atoms with van der Waals surface area (Å²) < 4.78 is 36.9. The number of alkyl halides is 3. The van der Waals surface area contributed by atoms with E-state index in [0.717, 1.165) is 19.0 Å². The van der Waals surface area contributed by atoms with Gasteiger partial charge in [0.2, 0.25) is 0 Å². The number of rotatable bonds is 2. The van der Waals surface area contributed by atoms with Crippen molar-refractivity contribution in [1.29, 1.82) is 0 Å². The third-order valence-corrected chi connectivity index (χ3v) is 2.09. The number of hydrogen-bond donors (Lipinski definition) is 0. The van der Waals surface area contributed by atoms with Crippen molar-refractivity contribution in [3.05, 3.63) is 29.8 Å². The van der Waals surface area contributed by atoms with Gasteiger partial charge in [0.15, 0.2) is 0 Å². The van der Waals surface area contributed by atoms with Crippen molar-refractivity contribution in [2.24, 2.45) is 0 Å². The third-order valence-electron chi connectivity index (χ3n) is 2.09. The zero-order valence-corrected chi connectivity index (χ0v) is 8.10. The summed E-state index contributed by atoms with van der Waals surface area (Å²) in [5, 5.41) is 0. The number of benzene rings is 1. The number of anilines is 1. The monoisotopic (exact) mass is 203 g/mol. The molecular formula is C10H12F3N. The van der Waals surface area contributed by atoms with E-state index >= 15 is 0 Å². The van der Waals surface area contributed by atoms with Gasteiger partial charge in [-0.05, 0) is 24.1 Å². The highest BCUT2D eigenvalue weighted by molar-refractivity contribution is 5.48. The second-order valence-electron chi connectivity index (χ2n) is 3.05. The first-order valence-electron chi connectivity index (χ1n) is 4.34. The van der Waals surface area contributed by atoms with E-state index in [1.54, 1.807) is 12.1 Å². The van der Waals surface area contributed by atoms with Gasteiger partial charge in [-0.2, -0.15) is 13.2 Å². The summed E-state index contributed by atoms with van der Waals surface area (Å²) in [6.07, 6.45) is -3.58. The van der Waals surface area contributed by atoms with E-state index < -0.39 is 6.30 Å². The topological polar surface area (TPSA) is 3.24 Å². The standard InChI is InChI=1S/C10H12F3N/c1-3-8-5-4-6-9(7-8)14(2)10(11,12)13/h4-7H,3H2,1-2H3. The highest BCUT2D eigenvalue weighted by Gasteiger charge is 2.34. The molecule has 0 aliphatic heterocycles. The van der Waals surface area contributed by atoms with Gasteiger partial charge >= 0.3 is 6.30 Å². The number of nitrogens with zero attached hydrogens (tertiary/aromatic N) is 1. The molecule has 0 aromatic heterocycles. The molecule has 0 bridgehead atoms. The van der Waals surface area contributed by atoms with Crippen molar-refractivity contribution in [2.45, 2.75) is 19.6 Å². The Bertz CT molecular complexity index is 306. The average molecular weight is 203 g/mol. The summed E-state index contributed by atoms with van der Waals surface area (Å²) in [7, 11) is 1.02. The maximum Gasteiger partial charge on any atom is 0.484 e. The van der Waals surface area contributed by atoms with Crippen LogP contribution in [0.1, 0.15) is 12.5 Å². The predicted octanol–water partition coefficient (Wildman–Crippen LogP) is 3.21. The summed E-state index contributed by atoms with van der Waals surface area (Å²) in [6, 6.07) is 6.45. The molecule has 0 fully saturated rings. The summed E-state index contributed by atoms with van der Waals surface area (Å²) >= 11 is 0. The molecule has 0 saturated carbocycles. The molecule has 0 heterocycles. The van der Waals surface area contributed by atoms with Crippen LogP contribution in [0.4, 0.5) is 18.9 Å². The van der Waals surface area contributed by atoms with Gasteiger partial charge in [-0.3, -0.25) is 4.90 Å². The zero-order chi connectivity index (χ0) is 10.8. The van der Waals surface area contributed by atoms with Gasteiger partial charge in [0, 0.05) is 12.7 Å². The van der Waals surface area contributed by atoms with Crippen molar-refractivity contribution in [2.75, 3.05) is 11.9 Å². The van der Waals surface area contributed by atoms with Gasteiger partial charge in [-0.25, -0.2) is 0 Å². The first kappa shape index (κ1) is 10.9. The second-order valence-corrected chi connectivity index (χ2v) is 3.05. The van der Waals surface area contributed by atoms with Crippen molar-refractivity contribution < 1.29 is 13.2 Å². The minimum Gasteiger partial charge on any atom is -0.287 e. The Labute approximate surface area is 81.1 Å². The summed E-state index contributed by atoms with van der Waals surface area (Å²) in [5.74, 6) is 0. The fraction of sp³-hybridized carbons (Fsp3) is 0.400.